The molecule has 0 bridgehead atoms. The normalized spacial score (nSPS) is 17.2. The molecule has 0 radical (unpaired) electrons. The van der Waals surface area contributed by atoms with Crippen LogP contribution in [-0.4, -0.2) is 29.7 Å². The first-order chi connectivity index (χ1) is 11.9. The van der Waals surface area contributed by atoms with Crippen molar-refractivity contribution >= 4 is 29.3 Å². The van der Waals surface area contributed by atoms with Gasteiger partial charge in [-0.15, -0.1) is 0 Å². The van der Waals surface area contributed by atoms with Crippen molar-refractivity contribution in [1.29, 1.82) is 0 Å². The molecular weight excluding hydrogens is 348 g/mol. The number of halogens is 1. The van der Waals surface area contributed by atoms with E-state index in [1.165, 1.54) is 6.92 Å². The SMILES string of the molecule is Cc1cc(NC(=O)[C@H](C)OC(=O)[C@H]2COc3ccc(Cl)cc3C2)no1. The fourth-order valence-electron chi connectivity index (χ4n) is 2.49. The number of nitrogens with one attached hydrogen (secondary N) is 1. The molecule has 2 atom stereocenters. The molecule has 0 unspecified atom stereocenters. The van der Waals surface area contributed by atoms with Crippen LogP contribution in [0.3, 0.4) is 0 Å². The zero-order valence-electron chi connectivity index (χ0n) is 13.7. The number of carbonyl (C=O) groups is 2. The Morgan fingerprint density at radius 1 is 1.40 bits per heavy atom. The van der Waals surface area contributed by atoms with Gasteiger partial charge in [-0.2, -0.15) is 0 Å². The number of hydrogen-bond acceptors (Lipinski definition) is 6. The highest BCUT2D eigenvalue weighted by Crippen LogP contribution is 2.30. The second-order valence-electron chi connectivity index (χ2n) is 5.86. The average Bonchev–Trinajstić information content (AvgIpc) is 2.98. The summed E-state index contributed by atoms with van der Waals surface area (Å²) in [6.45, 7) is 3.40. The number of ether oxygens (including phenoxy) is 2. The number of aryl methyl sites for hydroxylation is 1. The van der Waals surface area contributed by atoms with Gasteiger partial charge in [0.05, 0.1) is 5.92 Å². The molecule has 8 heteroatoms. The van der Waals surface area contributed by atoms with Crippen LogP contribution >= 0.6 is 11.6 Å². The molecule has 0 saturated heterocycles. The molecule has 0 aliphatic carbocycles. The first kappa shape index (κ1) is 17.3. The molecule has 0 saturated carbocycles. The molecule has 1 aromatic carbocycles. The summed E-state index contributed by atoms with van der Waals surface area (Å²) in [5.74, 6) is 0.0779. The van der Waals surface area contributed by atoms with Crippen molar-refractivity contribution in [2.24, 2.45) is 5.92 Å². The second kappa shape index (κ2) is 7.14. The Morgan fingerprint density at radius 2 is 2.20 bits per heavy atom. The Kier molecular flexibility index (Phi) is 4.94. The maximum absolute atomic E-state index is 12.3. The lowest BCUT2D eigenvalue weighted by molar-refractivity contribution is -0.158. The molecular formula is C17H17ClN2O5. The molecule has 0 fully saturated rings. The predicted octanol–water partition coefficient (Wildman–Crippen LogP) is 2.76. The molecule has 1 aromatic heterocycles. The summed E-state index contributed by atoms with van der Waals surface area (Å²) in [5.41, 5.74) is 0.843. The van der Waals surface area contributed by atoms with Crippen molar-refractivity contribution in [3.63, 3.8) is 0 Å². The third-order valence-corrected chi connectivity index (χ3v) is 4.04. The number of anilines is 1. The number of amides is 1. The van der Waals surface area contributed by atoms with Gasteiger partial charge in [-0.1, -0.05) is 16.8 Å². The highest BCUT2D eigenvalue weighted by Gasteiger charge is 2.30. The molecule has 1 amide bonds. The minimum Gasteiger partial charge on any atom is -0.492 e. The van der Waals surface area contributed by atoms with Gasteiger partial charge in [0.1, 0.15) is 18.1 Å². The summed E-state index contributed by atoms with van der Waals surface area (Å²) in [7, 11) is 0. The summed E-state index contributed by atoms with van der Waals surface area (Å²) in [6.07, 6.45) is -0.517. The minimum atomic E-state index is -0.967. The van der Waals surface area contributed by atoms with Gasteiger partial charge in [-0.05, 0) is 44.0 Å². The van der Waals surface area contributed by atoms with Crippen LogP contribution in [0.15, 0.2) is 28.8 Å². The van der Waals surface area contributed by atoms with Crippen LogP contribution in [0.4, 0.5) is 5.82 Å². The van der Waals surface area contributed by atoms with Gasteiger partial charge in [-0.25, -0.2) is 0 Å². The molecule has 7 nitrogen and oxygen atoms in total. The minimum absolute atomic E-state index is 0.199. The van der Waals surface area contributed by atoms with Crippen LogP contribution in [-0.2, 0) is 20.7 Å². The summed E-state index contributed by atoms with van der Waals surface area (Å²) in [4.78, 5) is 24.4. The monoisotopic (exact) mass is 364 g/mol. The lowest BCUT2D eigenvalue weighted by Crippen LogP contribution is -2.36. The van der Waals surface area contributed by atoms with E-state index >= 15 is 0 Å². The van der Waals surface area contributed by atoms with Gasteiger partial charge >= 0.3 is 5.97 Å². The summed E-state index contributed by atoms with van der Waals surface area (Å²) in [6, 6.07) is 6.84. The van der Waals surface area contributed by atoms with Crippen molar-refractivity contribution in [2.75, 3.05) is 11.9 Å². The van der Waals surface area contributed by atoms with Crippen molar-refractivity contribution in [1.82, 2.24) is 5.16 Å². The Labute approximate surface area is 149 Å². The lowest BCUT2D eigenvalue weighted by Gasteiger charge is -2.25. The number of aromatic nitrogens is 1. The van der Waals surface area contributed by atoms with Gasteiger partial charge in [0.25, 0.3) is 5.91 Å². The average molecular weight is 365 g/mol. The number of benzene rings is 1. The molecule has 25 heavy (non-hydrogen) atoms. The fourth-order valence-corrected chi connectivity index (χ4v) is 2.69. The van der Waals surface area contributed by atoms with Crippen LogP contribution in [0.1, 0.15) is 18.2 Å². The summed E-state index contributed by atoms with van der Waals surface area (Å²) >= 11 is 5.97. The smallest absolute Gasteiger partial charge is 0.313 e. The van der Waals surface area contributed by atoms with E-state index in [1.807, 2.05) is 0 Å². The first-order valence-corrected chi connectivity index (χ1v) is 8.16. The van der Waals surface area contributed by atoms with E-state index in [1.54, 1.807) is 31.2 Å². The Hall–Kier alpha value is -2.54. The zero-order valence-corrected chi connectivity index (χ0v) is 14.5. The van der Waals surface area contributed by atoms with Crippen LogP contribution in [0, 0.1) is 12.8 Å². The molecule has 2 aromatic rings. The van der Waals surface area contributed by atoms with E-state index in [0.29, 0.717) is 23.0 Å². The molecule has 2 heterocycles. The number of fused-ring (bicyclic) bond motifs is 1. The number of rotatable bonds is 4. The van der Waals surface area contributed by atoms with Crippen LogP contribution in [0.2, 0.25) is 5.02 Å². The van der Waals surface area contributed by atoms with E-state index in [0.717, 1.165) is 5.56 Å². The number of carbonyl (C=O) groups excluding carboxylic acids is 2. The molecule has 1 aliphatic rings. The quantitative estimate of drug-likeness (QED) is 0.839. The summed E-state index contributed by atoms with van der Waals surface area (Å²) in [5, 5.41) is 6.76. The summed E-state index contributed by atoms with van der Waals surface area (Å²) < 4.78 is 15.7. The largest absolute Gasteiger partial charge is 0.492 e. The van der Waals surface area contributed by atoms with Crippen molar-refractivity contribution in [3.05, 3.63) is 40.6 Å². The van der Waals surface area contributed by atoms with E-state index in [9.17, 15) is 9.59 Å². The van der Waals surface area contributed by atoms with E-state index in [2.05, 4.69) is 10.5 Å². The topological polar surface area (TPSA) is 90.7 Å². The Bertz CT molecular complexity index is 804. The van der Waals surface area contributed by atoms with Gasteiger partial charge in [0.15, 0.2) is 11.9 Å². The van der Waals surface area contributed by atoms with Crippen LogP contribution < -0.4 is 10.1 Å². The van der Waals surface area contributed by atoms with Gasteiger partial charge < -0.3 is 19.3 Å². The molecule has 0 spiro atoms. The maximum Gasteiger partial charge on any atom is 0.313 e. The van der Waals surface area contributed by atoms with E-state index in [-0.39, 0.29) is 12.4 Å². The van der Waals surface area contributed by atoms with Crippen molar-refractivity contribution in [2.45, 2.75) is 26.4 Å². The standard InChI is InChI=1S/C17H17ClN2O5/c1-9-5-15(20-25-9)19-16(21)10(2)24-17(22)12-6-11-7-13(18)3-4-14(11)23-8-12/h3-5,7,10,12H,6,8H2,1-2H3,(H,19,20,21)/t10-,12+/m0/s1. The van der Waals surface area contributed by atoms with Gasteiger partial charge in [0.2, 0.25) is 0 Å². The third kappa shape index (κ3) is 4.11. The lowest BCUT2D eigenvalue weighted by atomic mass is 9.97. The molecule has 3 rings (SSSR count). The highest BCUT2D eigenvalue weighted by molar-refractivity contribution is 6.30. The third-order valence-electron chi connectivity index (χ3n) is 3.80. The second-order valence-corrected chi connectivity index (χ2v) is 6.29. The van der Waals surface area contributed by atoms with Crippen LogP contribution in [0.5, 0.6) is 5.75 Å². The van der Waals surface area contributed by atoms with Crippen molar-refractivity contribution < 1.29 is 23.6 Å². The van der Waals surface area contributed by atoms with E-state index < -0.39 is 23.9 Å². The predicted molar refractivity (Wildman–Crippen MR) is 89.6 cm³/mol. The first-order valence-electron chi connectivity index (χ1n) is 7.78. The Morgan fingerprint density at radius 3 is 2.92 bits per heavy atom. The fraction of sp³-hybridized carbons (Fsp3) is 0.353. The van der Waals surface area contributed by atoms with Crippen LogP contribution in [0.25, 0.3) is 0 Å². The highest BCUT2D eigenvalue weighted by atomic mass is 35.5. The molecule has 1 aliphatic heterocycles. The molecule has 1 N–H and O–H groups in total. The van der Waals surface area contributed by atoms with Gasteiger partial charge in [0, 0.05) is 11.1 Å². The number of nitrogens with zero attached hydrogens (tertiary/aromatic N) is 1. The number of hydrogen-bond donors (Lipinski definition) is 1. The maximum atomic E-state index is 12.3. The zero-order chi connectivity index (χ0) is 18.0. The Balaban J connectivity index is 1.57. The molecule has 132 valence electrons. The number of esters is 1. The van der Waals surface area contributed by atoms with Crippen molar-refractivity contribution in [3.8, 4) is 5.75 Å². The van der Waals surface area contributed by atoms with Gasteiger partial charge in [-0.3, -0.25) is 9.59 Å². The van der Waals surface area contributed by atoms with E-state index in [4.69, 9.17) is 25.6 Å².